The maximum absolute atomic E-state index is 10.0. The lowest BCUT2D eigenvalue weighted by molar-refractivity contribution is -0.0994. The quantitative estimate of drug-likeness (QED) is 0.697. The molecule has 4 aliphatic carbocycles. The SMILES string of the molecule is CC1(CC[C@@H](O)[C@](C)(O)CO)C2CC3C(C2)C31C. The van der Waals surface area contributed by atoms with Gasteiger partial charge in [0, 0.05) is 0 Å². The van der Waals surface area contributed by atoms with Crippen LogP contribution in [0.25, 0.3) is 0 Å². The van der Waals surface area contributed by atoms with Gasteiger partial charge in [0.25, 0.3) is 0 Å². The van der Waals surface area contributed by atoms with Crippen molar-refractivity contribution in [1.29, 1.82) is 0 Å². The summed E-state index contributed by atoms with van der Waals surface area (Å²) in [4.78, 5) is 0. The number of aliphatic hydroxyl groups excluding tert-OH is 2. The Bertz CT molecular complexity index is 353. The van der Waals surface area contributed by atoms with Crippen LogP contribution in [-0.2, 0) is 0 Å². The van der Waals surface area contributed by atoms with Crippen molar-refractivity contribution in [3.63, 3.8) is 0 Å². The summed E-state index contributed by atoms with van der Waals surface area (Å²) in [5, 5.41) is 29.0. The Morgan fingerprint density at radius 2 is 1.83 bits per heavy atom. The van der Waals surface area contributed by atoms with E-state index in [-0.39, 0.29) is 6.61 Å². The number of aliphatic hydroxyl groups is 3. The van der Waals surface area contributed by atoms with E-state index in [0.29, 0.717) is 17.3 Å². The van der Waals surface area contributed by atoms with Crippen molar-refractivity contribution < 1.29 is 15.3 Å². The van der Waals surface area contributed by atoms with Gasteiger partial charge < -0.3 is 15.3 Å². The van der Waals surface area contributed by atoms with Gasteiger partial charge in [-0.3, -0.25) is 0 Å². The highest BCUT2D eigenvalue weighted by atomic mass is 16.4. The zero-order chi connectivity index (χ0) is 13.3. The molecule has 18 heavy (non-hydrogen) atoms. The molecule has 0 aliphatic heterocycles. The zero-order valence-electron chi connectivity index (χ0n) is 11.7. The molecule has 0 heterocycles. The Morgan fingerprint density at radius 1 is 1.28 bits per heavy atom. The molecule has 4 fully saturated rings. The van der Waals surface area contributed by atoms with E-state index >= 15 is 0 Å². The molecule has 0 spiro atoms. The minimum absolute atomic E-state index is 0.342. The largest absolute Gasteiger partial charge is 0.393 e. The average molecular weight is 254 g/mol. The molecule has 5 atom stereocenters. The fourth-order valence-electron chi connectivity index (χ4n) is 5.36. The summed E-state index contributed by atoms with van der Waals surface area (Å²) in [5.74, 6) is 2.69. The molecule has 4 saturated carbocycles. The van der Waals surface area contributed by atoms with E-state index in [4.69, 9.17) is 5.11 Å². The minimum atomic E-state index is -1.36. The molecular formula is C15H26O3. The first-order valence-corrected chi connectivity index (χ1v) is 7.28. The molecule has 0 aromatic rings. The molecule has 4 aliphatic rings. The van der Waals surface area contributed by atoms with Gasteiger partial charge in [-0.05, 0) is 61.2 Å². The fourth-order valence-corrected chi connectivity index (χ4v) is 5.36. The van der Waals surface area contributed by atoms with E-state index in [0.717, 1.165) is 24.2 Å². The van der Waals surface area contributed by atoms with Crippen molar-refractivity contribution in [2.75, 3.05) is 6.61 Å². The molecule has 0 aromatic carbocycles. The molecular weight excluding hydrogens is 228 g/mol. The van der Waals surface area contributed by atoms with E-state index in [1.165, 1.54) is 19.8 Å². The normalized spacial score (nSPS) is 53.3. The highest BCUT2D eigenvalue weighted by Crippen LogP contribution is 2.87. The molecule has 3 N–H and O–H groups in total. The molecule has 3 unspecified atom stereocenters. The van der Waals surface area contributed by atoms with Gasteiger partial charge >= 0.3 is 0 Å². The highest BCUT2D eigenvalue weighted by Gasteiger charge is 2.80. The van der Waals surface area contributed by atoms with Crippen LogP contribution in [0.3, 0.4) is 0 Å². The first-order valence-electron chi connectivity index (χ1n) is 7.28. The van der Waals surface area contributed by atoms with Gasteiger partial charge in [0.05, 0.1) is 12.7 Å². The third-order valence-electron chi connectivity index (χ3n) is 7.10. The van der Waals surface area contributed by atoms with Gasteiger partial charge in [0.1, 0.15) is 5.60 Å². The van der Waals surface area contributed by atoms with Gasteiger partial charge in [-0.1, -0.05) is 13.8 Å². The van der Waals surface area contributed by atoms with E-state index in [9.17, 15) is 10.2 Å². The Hall–Kier alpha value is -0.120. The maximum Gasteiger partial charge on any atom is 0.111 e. The summed E-state index contributed by atoms with van der Waals surface area (Å²) < 4.78 is 0. The van der Waals surface area contributed by atoms with Gasteiger partial charge in [0.2, 0.25) is 0 Å². The zero-order valence-corrected chi connectivity index (χ0v) is 11.7. The lowest BCUT2D eigenvalue weighted by atomic mass is 9.70. The second-order valence-corrected chi connectivity index (χ2v) is 7.65. The van der Waals surface area contributed by atoms with Crippen molar-refractivity contribution in [3.8, 4) is 0 Å². The summed E-state index contributed by atoms with van der Waals surface area (Å²) in [6.45, 7) is 5.93. The second kappa shape index (κ2) is 3.50. The summed E-state index contributed by atoms with van der Waals surface area (Å²) >= 11 is 0. The Labute approximate surface area is 109 Å². The van der Waals surface area contributed by atoms with Crippen LogP contribution < -0.4 is 0 Å². The molecule has 3 heteroatoms. The minimum Gasteiger partial charge on any atom is -0.393 e. The lowest BCUT2D eigenvalue weighted by Crippen LogP contribution is -2.43. The first kappa shape index (κ1) is 12.9. The van der Waals surface area contributed by atoms with Crippen molar-refractivity contribution in [2.24, 2.45) is 28.6 Å². The van der Waals surface area contributed by atoms with Crippen LogP contribution in [0.15, 0.2) is 0 Å². The van der Waals surface area contributed by atoms with Gasteiger partial charge in [-0.2, -0.15) is 0 Å². The maximum atomic E-state index is 10.0. The van der Waals surface area contributed by atoms with Crippen LogP contribution in [-0.4, -0.2) is 33.6 Å². The van der Waals surface area contributed by atoms with E-state index in [1.807, 2.05) is 0 Å². The monoisotopic (exact) mass is 254 g/mol. The predicted molar refractivity (Wildman–Crippen MR) is 68.9 cm³/mol. The predicted octanol–water partition coefficient (Wildman–Crippen LogP) is 1.55. The van der Waals surface area contributed by atoms with Gasteiger partial charge in [0.15, 0.2) is 0 Å². The highest BCUT2D eigenvalue weighted by molar-refractivity contribution is 5.28. The summed E-state index contributed by atoms with van der Waals surface area (Å²) in [6.07, 6.45) is 3.50. The molecule has 0 amide bonds. The molecule has 0 saturated heterocycles. The number of rotatable bonds is 5. The lowest BCUT2D eigenvalue weighted by Gasteiger charge is -2.37. The average Bonchev–Trinajstić information content (AvgIpc) is 2.71. The van der Waals surface area contributed by atoms with Gasteiger partial charge in [-0.25, -0.2) is 0 Å². The standard InChI is InChI=1S/C15H26O3/c1-13(5-4-12(17)14(2,18)8-16)9-6-10-11(7-9)15(10,13)3/h9-12,16-18H,4-8H2,1-3H3/t9?,10?,11?,12-,13?,14-,15?/m1/s1. The Kier molecular flexibility index (Phi) is 2.51. The second-order valence-electron chi connectivity index (χ2n) is 7.65. The summed E-state index contributed by atoms with van der Waals surface area (Å²) in [5.41, 5.74) is -0.515. The molecule has 0 radical (unpaired) electrons. The number of hydrogen-bond donors (Lipinski definition) is 3. The van der Waals surface area contributed by atoms with Crippen LogP contribution in [0.4, 0.5) is 0 Å². The van der Waals surface area contributed by atoms with Crippen LogP contribution >= 0.6 is 0 Å². The van der Waals surface area contributed by atoms with Crippen molar-refractivity contribution in [1.82, 2.24) is 0 Å². The fraction of sp³-hybridized carbons (Fsp3) is 1.00. The Balaban J connectivity index is 1.65. The van der Waals surface area contributed by atoms with Crippen LogP contribution in [0.1, 0.15) is 46.5 Å². The topological polar surface area (TPSA) is 60.7 Å². The van der Waals surface area contributed by atoms with E-state index < -0.39 is 11.7 Å². The van der Waals surface area contributed by atoms with Crippen LogP contribution in [0.2, 0.25) is 0 Å². The van der Waals surface area contributed by atoms with E-state index in [2.05, 4.69) is 13.8 Å². The van der Waals surface area contributed by atoms with Crippen molar-refractivity contribution >= 4 is 0 Å². The molecule has 104 valence electrons. The molecule has 4 rings (SSSR count). The third kappa shape index (κ3) is 1.31. The van der Waals surface area contributed by atoms with Crippen LogP contribution in [0, 0.1) is 28.6 Å². The smallest absolute Gasteiger partial charge is 0.111 e. The van der Waals surface area contributed by atoms with Crippen molar-refractivity contribution in [3.05, 3.63) is 0 Å². The Morgan fingerprint density at radius 3 is 2.22 bits per heavy atom. The van der Waals surface area contributed by atoms with Crippen LogP contribution in [0.5, 0.6) is 0 Å². The first-order chi connectivity index (χ1) is 8.27. The summed E-state index contributed by atoms with van der Waals surface area (Å²) in [6, 6.07) is 0. The third-order valence-corrected chi connectivity index (χ3v) is 7.10. The molecule has 3 nitrogen and oxygen atoms in total. The molecule has 0 aromatic heterocycles. The summed E-state index contributed by atoms with van der Waals surface area (Å²) in [7, 11) is 0. The van der Waals surface area contributed by atoms with E-state index in [1.54, 1.807) is 0 Å². The van der Waals surface area contributed by atoms with Crippen molar-refractivity contribution in [2.45, 2.75) is 58.2 Å². The number of hydrogen-bond acceptors (Lipinski definition) is 3. The molecule has 4 bridgehead atoms. The van der Waals surface area contributed by atoms with Gasteiger partial charge in [-0.15, -0.1) is 0 Å².